The number of likely N-dealkylation sites (N-methyl/N-ethyl adjacent to an activating group) is 1. The number of oxime groups is 1. The maximum absolute atomic E-state index is 14.4. The second-order valence-electron chi connectivity index (χ2n) is 15.0. The number of hydrogen-bond acceptors (Lipinski definition) is 10. The van der Waals surface area contributed by atoms with Gasteiger partial charge in [-0.05, 0) is 98.0 Å². The number of aryl methyl sites for hydroxylation is 1. The van der Waals surface area contributed by atoms with Gasteiger partial charge in [0.1, 0.15) is 37.0 Å². The molecule has 300 valence electrons. The molecule has 1 aliphatic heterocycles. The van der Waals surface area contributed by atoms with Crippen LogP contribution in [-0.2, 0) is 27.4 Å². The molecule has 0 spiro atoms. The average molecular weight is 768 g/mol. The third-order valence-corrected chi connectivity index (χ3v) is 11.5. The summed E-state index contributed by atoms with van der Waals surface area (Å²) in [7, 11) is 4.97. The van der Waals surface area contributed by atoms with Gasteiger partial charge in [-0.1, -0.05) is 48.3 Å². The number of carbonyl (C=O) groups excluding carboxylic acids is 1. The van der Waals surface area contributed by atoms with Crippen LogP contribution in [0.4, 0.5) is 0 Å². The molecule has 11 nitrogen and oxygen atoms in total. The van der Waals surface area contributed by atoms with Crippen molar-refractivity contribution in [3.05, 3.63) is 107 Å². The molecule has 3 aromatic rings. The maximum atomic E-state index is 14.4. The Morgan fingerprint density at radius 1 is 1.04 bits per heavy atom. The van der Waals surface area contributed by atoms with E-state index in [2.05, 4.69) is 28.9 Å². The first-order valence-electron chi connectivity index (χ1n) is 19.8. The van der Waals surface area contributed by atoms with E-state index >= 15 is 0 Å². The highest BCUT2D eigenvalue weighted by Gasteiger charge is 2.65. The third kappa shape index (κ3) is 8.80. The molecular weight excluding hydrogens is 711 g/mol. The number of nitrogens with zero attached hydrogens (tertiary/aromatic N) is 3. The number of pyridine rings is 1. The number of unbranched alkanes of at least 4 members (excludes halogenated alkanes) is 2. The zero-order valence-electron chi connectivity index (χ0n) is 33.2. The number of allylic oxidation sites excluding steroid dienone is 1. The van der Waals surface area contributed by atoms with Crippen LogP contribution < -0.4 is 14.2 Å². The van der Waals surface area contributed by atoms with Gasteiger partial charge in [-0.15, -0.1) is 6.58 Å². The Hall–Kier alpha value is -4.71. The van der Waals surface area contributed by atoms with Crippen LogP contribution in [0.2, 0.25) is 0 Å². The molecule has 0 saturated heterocycles. The zero-order valence-corrected chi connectivity index (χ0v) is 33.2. The summed E-state index contributed by atoms with van der Waals surface area (Å²) in [4.78, 5) is 26.3. The number of carbonyl (C=O) groups is 1. The van der Waals surface area contributed by atoms with Gasteiger partial charge in [0.05, 0.1) is 37.5 Å². The molecule has 6 rings (SSSR count). The van der Waals surface area contributed by atoms with Crippen molar-refractivity contribution >= 4 is 11.6 Å². The van der Waals surface area contributed by atoms with Gasteiger partial charge in [-0.25, -0.2) is 0 Å². The van der Waals surface area contributed by atoms with Crippen molar-refractivity contribution in [2.45, 2.75) is 82.6 Å². The quantitative estimate of drug-likeness (QED) is 0.0757. The molecule has 6 atom stereocenters. The first kappa shape index (κ1) is 40.9. The van der Waals surface area contributed by atoms with Crippen molar-refractivity contribution < 1.29 is 38.8 Å². The fourth-order valence-corrected chi connectivity index (χ4v) is 9.02. The summed E-state index contributed by atoms with van der Waals surface area (Å²) in [5.41, 5.74) is 5.32. The number of aliphatic hydroxyl groups excluding tert-OH is 2. The number of methoxy groups -OCH3 is 1. The average Bonchev–Trinajstić information content (AvgIpc) is 3.20. The first-order valence-corrected chi connectivity index (χ1v) is 19.8. The van der Waals surface area contributed by atoms with E-state index < -0.39 is 17.7 Å². The highest BCUT2D eigenvalue weighted by molar-refractivity contribution is 6.03. The van der Waals surface area contributed by atoms with Crippen molar-refractivity contribution in [3.63, 3.8) is 0 Å². The lowest BCUT2D eigenvalue weighted by Gasteiger charge is -2.59. The molecule has 0 bridgehead atoms. The second kappa shape index (κ2) is 19.0. The lowest BCUT2D eigenvalue weighted by molar-refractivity contribution is -0.255. The maximum Gasteiger partial charge on any atom is 0.239 e. The number of ether oxygens (including phenoxy) is 4. The fourth-order valence-electron chi connectivity index (χ4n) is 9.02. The minimum absolute atomic E-state index is 0.106. The minimum Gasteiger partial charge on any atom is -0.497 e. The molecule has 1 fully saturated rings. The van der Waals surface area contributed by atoms with Crippen LogP contribution in [0, 0.1) is 24.7 Å². The van der Waals surface area contributed by atoms with E-state index in [0.29, 0.717) is 43.1 Å². The van der Waals surface area contributed by atoms with Crippen LogP contribution in [0.5, 0.6) is 17.2 Å². The van der Waals surface area contributed by atoms with E-state index in [0.717, 1.165) is 59.5 Å². The van der Waals surface area contributed by atoms with Gasteiger partial charge in [-0.2, -0.15) is 0 Å². The van der Waals surface area contributed by atoms with Gasteiger partial charge in [0.25, 0.3) is 0 Å². The van der Waals surface area contributed by atoms with E-state index in [-0.39, 0.29) is 49.9 Å². The van der Waals surface area contributed by atoms with E-state index in [1.807, 2.05) is 68.6 Å². The van der Waals surface area contributed by atoms with Gasteiger partial charge in [-0.3, -0.25) is 9.78 Å². The Labute approximate surface area is 331 Å². The van der Waals surface area contributed by atoms with E-state index in [1.165, 1.54) is 0 Å². The topological polar surface area (TPSA) is 132 Å². The summed E-state index contributed by atoms with van der Waals surface area (Å²) in [6, 6.07) is 18.8. The summed E-state index contributed by atoms with van der Waals surface area (Å²) in [6.45, 7) is 6.71. The Bertz CT molecular complexity index is 1880. The molecular formula is C45H57N3O8. The second-order valence-corrected chi connectivity index (χ2v) is 15.0. The fraction of sp³-hybridized carbons (Fsp3) is 0.489. The van der Waals surface area contributed by atoms with Crippen molar-refractivity contribution in [1.82, 2.24) is 9.88 Å². The smallest absolute Gasteiger partial charge is 0.239 e. The van der Waals surface area contributed by atoms with Crippen LogP contribution in [0.3, 0.4) is 0 Å². The highest BCUT2D eigenvalue weighted by Crippen LogP contribution is 2.61. The largest absolute Gasteiger partial charge is 0.497 e. The molecule has 1 aromatic heterocycles. The Kier molecular flexibility index (Phi) is 13.9. The van der Waals surface area contributed by atoms with Gasteiger partial charge in [0, 0.05) is 43.9 Å². The number of aromatic nitrogens is 1. The third-order valence-electron chi connectivity index (χ3n) is 11.5. The van der Waals surface area contributed by atoms with Crippen molar-refractivity contribution in [2.24, 2.45) is 22.9 Å². The molecule has 11 heteroatoms. The number of amides is 1. The van der Waals surface area contributed by atoms with Gasteiger partial charge >= 0.3 is 0 Å². The molecule has 1 saturated carbocycles. The summed E-state index contributed by atoms with van der Waals surface area (Å²) < 4.78 is 26.0. The Morgan fingerprint density at radius 3 is 2.55 bits per heavy atom. The summed E-state index contributed by atoms with van der Waals surface area (Å²) >= 11 is 0. The predicted octanol–water partition coefficient (Wildman–Crippen LogP) is 6.94. The molecule has 56 heavy (non-hydrogen) atoms. The summed E-state index contributed by atoms with van der Waals surface area (Å²) in [6.07, 6.45) is 9.32. The number of rotatable bonds is 19. The lowest BCUT2D eigenvalue weighted by Crippen LogP contribution is -2.69. The number of hydrogen-bond donors (Lipinski definition) is 2. The molecule has 3 aliphatic rings. The normalized spacial score (nSPS) is 24.3. The Balaban J connectivity index is 1.50. The monoisotopic (exact) mass is 767 g/mol. The van der Waals surface area contributed by atoms with Crippen molar-refractivity contribution in [2.75, 3.05) is 41.1 Å². The summed E-state index contributed by atoms with van der Waals surface area (Å²) in [5, 5.41) is 24.3. The van der Waals surface area contributed by atoms with Crippen LogP contribution >= 0.6 is 0 Å². The summed E-state index contributed by atoms with van der Waals surface area (Å²) in [5.74, 6) is 0.329. The van der Waals surface area contributed by atoms with Crippen LogP contribution in [0.1, 0.15) is 73.4 Å². The number of aliphatic hydroxyl groups is 2. The molecule has 2 N–H and O–H groups in total. The Morgan fingerprint density at radius 2 is 1.82 bits per heavy atom. The van der Waals surface area contributed by atoms with E-state index in [4.69, 9.17) is 23.8 Å². The molecule has 0 radical (unpaired) electrons. The van der Waals surface area contributed by atoms with E-state index in [9.17, 15) is 15.0 Å². The minimum atomic E-state index is -1.32. The first-order chi connectivity index (χ1) is 27.3. The number of benzene rings is 2. The molecule has 2 aliphatic carbocycles. The predicted molar refractivity (Wildman–Crippen MR) is 215 cm³/mol. The SMILES string of the molecule is C=CCO[C@@]12Oc3ccc(OCc4cccc(C)n4)cc3[C@H]3[C@H](CCCCO)[C@@H](CCCCO)C=C(C(=NOC)C[C@@H]1N(C)C(=O)Cc1cccc(OC)c1)[C@H]32. The molecule has 2 aromatic carbocycles. The zero-order chi connectivity index (χ0) is 39.7. The van der Waals surface area contributed by atoms with Crippen molar-refractivity contribution in [1.29, 1.82) is 0 Å². The highest BCUT2D eigenvalue weighted by atomic mass is 16.7. The molecule has 2 heterocycles. The molecule has 1 amide bonds. The lowest BCUT2D eigenvalue weighted by atomic mass is 9.55. The molecule has 0 unspecified atom stereocenters. The van der Waals surface area contributed by atoms with Crippen LogP contribution in [0.15, 0.2) is 90.1 Å². The van der Waals surface area contributed by atoms with Gasteiger partial charge in [0.2, 0.25) is 11.7 Å². The van der Waals surface area contributed by atoms with E-state index in [1.54, 1.807) is 25.2 Å². The van der Waals surface area contributed by atoms with Gasteiger partial charge < -0.3 is 38.9 Å². The van der Waals surface area contributed by atoms with Gasteiger partial charge in [0.15, 0.2) is 0 Å². The number of fused-ring (bicyclic) bond motifs is 2. The van der Waals surface area contributed by atoms with Crippen molar-refractivity contribution in [3.8, 4) is 17.2 Å². The van der Waals surface area contributed by atoms with Crippen LogP contribution in [0.25, 0.3) is 0 Å². The van der Waals surface area contributed by atoms with Crippen LogP contribution in [-0.4, -0.2) is 84.6 Å². The standard InChI is InChI=1S/C45H57N3O8/c1-6-23-55-45-41(48(3)42(51)25-31-14-12-17-34(24-31)52-4)28-39(47-53-5)37-26-32(15-7-9-21-49)36(18-8-10-22-50)43(44(37)45)38-27-35(19-20-40(38)56-45)54-29-33-16-11-13-30(2)46-33/h6,11-14,16-17,19-20,24,26-27,32,36,41,43-44,49-50H,1,7-10,15,18,21-23,25,28-29H2,2-5H3/t32-,36+,41-,43+,44+,45+/m0/s1.